The monoisotopic (exact) mass is 436 g/mol. The van der Waals surface area contributed by atoms with Crippen molar-refractivity contribution < 1.29 is 9.59 Å². The third-order valence-corrected chi connectivity index (χ3v) is 5.40. The summed E-state index contributed by atoms with van der Waals surface area (Å²) in [7, 11) is 0. The number of nitrogens with one attached hydrogen (secondary N) is 3. The van der Waals surface area contributed by atoms with E-state index in [-0.39, 0.29) is 49.1 Å². The molecule has 1 atom stereocenters. The van der Waals surface area contributed by atoms with Gasteiger partial charge in [-0.05, 0) is 30.8 Å². The number of nitrogens with zero attached hydrogens (tertiary/aromatic N) is 1. The fourth-order valence-electron chi connectivity index (χ4n) is 2.60. The number of halogens is 2. The zero-order valence-electron chi connectivity index (χ0n) is 14.0. The van der Waals surface area contributed by atoms with Crippen molar-refractivity contribution in [1.82, 2.24) is 15.6 Å². The minimum absolute atomic E-state index is 0. The van der Waals surface area contributed by atoms with Crippen LogP contribution in [0.3, 0.4) is 0 Å². The van der Waals surface area contributed by atoms with Crippen molar-refractivity contribution in [3.63, 3.8) is 0 Å². The lowest BCUT2D eigenvalue weighted by molar-refractivity contribution is -0.121. The van der Waals surface area contributed by atoms with Crippen molar-refractivity contribution in [2.75, 3.05) is 18.4 Å². The van der Waals surface area contributed by atoms with E-state index < -0.39 is 0 Å². The highest BCUT2D eigenvalue weighted by Gasteiger charge is 2.16. The molecule has 6 nitrogen and oxygen atoms in total. The predicted molar refractivity (Wildman–Crippen MR) is 111 cm³/mol. The number of rotatable bonds is 6. The van der Waals surface area contributed by atoms with Gasteiger partial charge in [0.25, 0.3) is 0 Å². The Morgan fingerprint density at radius 2 is 2.08 bits per heavy atom. The van der Waals surface area contributed by atoms with E-state index in [1.165, 1.54) is 11.3 Å². The van der Waals surface area contributed by atoms with Crippen LogP contribution in [0.25, 0.3) is 0 Å². The number of carbonyl (C=O) groups excluding carboxylic acids is 2. The first-order valence-electron chi connectivity index (χ1n) is 7.96. The van der Waals surface area contributed by atoms with Crippen LogP contribution in [0.15, 0.2) is 22.9 Å². The number of anilines is 1. The summed E-state index contributed by atoms with van der Waals surface area (Å²) in [4.78, 5) is 29.4. The Hall–Kier alpha value is -1.19. The Kier molecular flexibility index (Phi) is 10.1. The summed E-state index contributed by atoms with van der Waals surface area (Å²) in [6, 6.07) is 4.06. The van der Waals surface area contributed by atoms with Gasteiger partial charge in [0.2, 0.25) is 11.8 Å². The lowest BCUT2D eigenvalue weighted by Gasteiger charge is -2.23. The molecule has 3 N–H and O–H groups in total. The number of amides is 2. The van der Waals surface area contributed by atoms with Gasteiger partial charge in [0.1, 0.15) is 0 Å². The normalized spacial score (nSPS) is 16.1. The molecule has 3 heterocycles. The van der Waals surface area contributed by atoms with Gasteiger partial charge >= 0.3 is 0 Å². The van der Waals surface area contributed by atoms with Crippen LogP contribution in [0.4, 0.5) is 5.13 Å². The topological polar surface area (TPSA) is 83.1 Å². The number of thiazole rings is 1. The minimum atomic E-state index is -0.0870. The lowest BCUT2D eigenvalue weighted by Crippen LogP contribution is -2.46. The van der Waals surface area contributed by atoms with Crippen LogP contribution in [0.2, 0.25) is 0 Å². The second-order valence-electron chi connectivity index (χ2n) is 5.74. The first kappa shape index (κ1) is 22.9. The van der Waals surface area contributed by atoms with E-state index in [9.17, 15) is 9.59 Å². The van der Waals surface area contributed by atoms with Crippen molar-refractivity contribution in [2.24, 2.45) is 0 Å². The van der Waals surface area contributed by atoms with Gasteiger partial charge in [0.05, 0.1) is 18.5 Å². The molecule has 0 aliphatic carbocycles. The van der Waals surface area contributed by atoms with Crippen molar-refractivity contribution in [3.8, 4) is 0 Å². The quantitative estimate of drug-likeness (QED) is 0.649. The maximum Gasteiger partial charge on any atom is 0.231 e. The summed E-state index contributed by atoms with van der Waals surface area (Å²) in [5.41, 5.74) is 0.688. The van der Waals surface area contributed by atoms with Crippen LogP contribution in [0.5, 0.6) is 0 Å². The Bertz CT molecular complexity index is 688. The van der Waals surface area contributed by atoms with E-state index >= 15 is 0 Å². The third-order valence-electron chi connectivity index (χ3n) is 3.72. The zero-order valence-corrected chi connectivity index (χ0v) is 17.3. The Balaban J connectivity index is 0.00000169. The summed E-state index contributed by atoms with van der Waals surface area (Å²) < 4.78 is 0. The number of hydrogen-bond acceptors (Lipinski definition) is 6. The van der Waals surface area contributed by atoms with Gasteiger partial charge in [-0.15, -0.1) is 47.5 Å². The van der Waals surface area contributed by atoms with Crippen LogP contribution < -0.4 is 16.0 Å². The van der Waals surface area contributed by atoms with Gasteiger partial charge in [0.15, 0.2) is 5.13 Å². The highest BCUT2D eigenvalue weighted by molar-refractivity contribution is 7.14. The molecule has 2 aromatic rings. The molecule has 0 bridgehead atoms. The van der Waals surface area contributed by atoms with Crippen molar-refractivity contribution in [2.45, 2.75) is 31.7 Å². The smallest absolute Gasteiger partial charge is 0.231 e. The van der Waals surface area contributed by atoms with Crippen LogP contribution in [0.1, 0.15) is 23.4 Å². The minimum Gasteiger partial charge on any atom is -0.352 e. The van der Waals surface area contributed by atoms with E-state index in [1.54, 1.807) is 11.3 Å². The number of aromatic nitrogens is 1. The molecule has 2 aromatic heterocycles. The second kappa shape index (κ2) is 11.5. The molecule has 1 aliphatic heterocycles. The number of hydrogen-bond donors (Lipinski definition) is 3. The highest BCUT2D eigenvalue weighted by atomic mass is 35.5. The molecule has 0 aromatic carbocycles. The molecule has 1 saturated heterocycles. The molecular formula is C16H22Cl2N4O2S2. The van der Waals surface area contributed by atoms with Crippen molar-refractivity contribution in [3.05, 3.63) is 33.5 Å². The first-order chi connectivity index (χ1) is 11.7. The van der Waals surface area contributed by atoms with Gasteiger partial charge < -0.3 is 16.0 Å². The fraction of sp³-hybridized carbons (Fsp3) is 0.438. The standard InChI is InChI=1S/C16H20N4O2S2.2ClH/c21-14(18-11-3-1-5-17-9-11)7-12-10-24-16(19-12)20-15(22)8-13-4-2-6-23-13;;/h2,4,6,10-11,17H,1,3,5,7-9H2,(H,18,21)(H,19,20,22);2*1H/t11-;;/m0../s1. The fourth-order valence-corrected chi connectivity index (χ4v) is 4.03. The third kappa shape index (κ3) is 7.20. The van der Waals surface area contributed by atoms with E-state index in [2.05, 4.69) is 20.9 Å². The molecule has 26 heavy (non-hydrogen) atoms. The molecule has 1 fully saturated rings. The van der Waals surface area contributed by atoms with Crippen LogP contribution >= 0.6 is 47.5 Å². The molecule has 0 unspecified atom stereocenters. The second-order valence-corrected chi connectivity index (χ2v) is 7.63. The molecule has 1 aliphatic rings. The molecule has 2 amide bonds. The van der Waals surface area contributed by atoms with E-state index in [4.69, 9.17) is 0 Å². The summed E-state index contributed by atoms with van der Waals surface area (Å²) in [5.74, 6) is -0.110. The van der Waals surface area contributed by atoms with Crippen LogP contribution in [-0.4, -0.2) is 35.9 Å². The lowest BCUT2D eigenvalue weighted by atomic mass is 10.1. The average molecular weight is 437 g/mol. The average Bonchev–Trinajstić information content (AvgIpc) is 3.20. The predicted octanol–water partition coefficient (Wildman–Crippen LogP) is 2.64. The van der Waals surface area contributed by atoms with Gasteiger partial charge in [-0.3, -0.25) is 9.59 Å². The van der Waals surface area contributed by atoms with Gasteiger partial charge in [-0.25, -0.2) is 4.98 Å². The van der Waals surface area contributed by atoms with E-state index in [1.807, 2.05) is 22.9 Å². The molecule has 0 saturated carbocycles. The van der Waals surface area contributed by atoms with Crippen LogP contribution in [0, 0.1) is 0 Å². The summed E-state index contributed by atoms with van der Waals surface area (Å²) in [6.07, 6.45) is 2.69. The van der Waals surface area contributed by atoms with Gasteiger partial charge in [0, 0.05) is 22.8 Å². The molecule has 10 heteroatoms. The Labute approximate surface area is 173 Å². The molecular weight excluding hydrogens is 415 g/mol. The molecule has 0 radical (unpaired) electrons. The number of carbonyl (C=O) groups is 2. The van der Waals surface area contributed by atoms with E-state index in [0.29, 0.717) is 17.2 Å². The first-order valence-corrected chi connectivity index (χ1v) is 9.71. The molecule has 144 valence electrons. The summed E-state index contributed by atoms with van der Waals surface area (Å²) in [6.45, 7) is 1.85. The van der Waals surface area contributed by atoms with Gasteiger partial charge in [-0.2, -0.15) is 0 Å². The molecule has 3 rings (SSSR count). The molecule has 0 spiro atoms. The maximum absolute atomic E-state index is 12.1. The zero-order chi connectivity index (χ0) is 16.8. The maximum atomic E-state index is 12.1. The van der Waals surface area contributed by atoms with Crippen molar-refractivity contribution in [1.29, 1.82) is 0 Å². The van der Waals surface area contributed by atoms with Gasteiger partial charge in [-0.1, -0.05) is 6.07 Å². The largest absolute Gasteiger partial charge is 0.352 e. The summed E-state index contributed by atoms with van der Waals surface area (Å²) >= 11 is 2.90. The number of thiophene rings is 1. The SMILES string of the molecule is Cl.Cl.O=C(Cc1cccs1)Nc1nc(CC(=O)N[C@H]2CCCNC2)cs1. The Morgan fingerprint density at radius 1 is 1.23 bits per heavy atom. The van der Waals surface area contributed by atoms with E-state index in [0.717, 1.165) is 30.8 Å². The summed E-state index contributed by atoms with van der Waals surface area (Å²) in [5, 5.41) is 13.4. The van der Waals surface area contributed by atoms with Crippen molar-refractivity contribution >= 4 is 64.4 Å². The highest BCUT2D eigenvalue weighted by Crippen LogP contribution is 2.17. The Morgan fingerprint density at radius 3 is 2.77 bits per heavy atom. The van der Waals surface area contributed by atoms with Crippen LogP contribution in [-0.2, 0) is 22.4 Å². The number of piperidine rings is 1.